The Bertz CT molecular complexity index is 591. The summed E-state index contributed by atoms with van der Waals surface area (Å²) in [6.07, 6.45) is 6.50. The van der Waals surface area contributed by atoms with Gasteiger partial charge in [-0.25, -0.2) is 4.79 Å². The van der Waals surface area contributed by atoms with Gasteiger partial charge in [0, 0.05) is 7.11 Å². The Morgan fingerprint density at radius 2 is 2.12 bits per heavy atom. The van der Waals surface area contributed by atoms with Crippen LogP contribution in [0.2, 0.25) is 0 Å². The number of hydrogen-bond donors (Lipinski definition) is 1. The Labute approximate surface area is 151 Å². The summed E-state index contributed by atoms with van der Waals surface area (Å²) in [7, 11) is 1.49. The maximum Gasteiger partial charge on any atom is 0.339 e. The van der Waals surface area contributed by atoms with Crippen LogP contribution in [0.5, 0.6) is 0 Å². The summed E-state index contributed by atoms with van der Waals surface area (Å²) in [4.78, 5) is 12.0. The first-order chi connectivity index (χ1) is 11.7. The van der Waals surface area contributed by atoms with Crippen molar-refractivity contribution in [2.24, 2.45) is 22.7 Å². The molecule has 1 aliphatic heterocycles. The lowest BCUT2D eigenvalue weighted by Gasteiger charge is -2.58. The summed E-state index contributed by atoms with van der Waals surface area (Å²) in [6.45, 7) is 11.5. The highest BCUT2D eigenvalue weighted by Crippen LogP contribution is 2.61. The van der Waals surface area contributed by atoms with Gasteiger partial charge >= 0.3 is 5.97 Å². The van der Waals surface area contributed by atoms with E-state index in [9.17, 15) is 9.90 Å². The second-order valence-corrected chi connectivity index (χ2v) is 9.03. The van der Waals surface area contributed by atoms with Gasteiger partial charge in [0.15, 0.2) is 0 Å². The van der Waals surface area contributed by atoms with Crippen molar-refractivity contribution in [3.63, 3.8) is 0 Å². The number of hydrogen-bond acceptors (Lipinski definition) is 4. The molecule has 0 aromatic carbocycles. The number of fused-ring (bicyclic) bond motifs is 1. The molecule has 0 bridgehead atoms. The Balaban J connectivity index is 1.82. The van der Waals surface area contributed by atoms with E-state index in [1.165, 1.54) is 38.4 Å². The lowest BCUT2D eigenvalue weighted by molar-refractivity contribution is -0.155. The minimum atomic E-state index is -0.824. The lowest BCUT2D eigenvalue weighted by atomic mass is 9.47. The second kappa shape index (κ2) is 6.55. The molecule has 0 aromatic heterocycles. The van der Waals surface area contributed by atoms with Crippen LogP contribution >= 0.6 is 0 Å². The van der Waals surface area contributed by atoms with Gasteiger partial charge in [0.25, 0.3) is 0 Å². The van der Waals surface area contributed by atoms with E-state index in [2.05, 4.69) is 27.4 Å². The number of methoxy groups -OCH3 is 1. The average molecular weight is 348 g/mol. The molecule has 2 fully saturated rings. The molecule has 4 heteroatoms. The van der Waals surface area contributed by atoms with E-state index >= 15 is 0 Å². The molecular formula is C21H32O4. The molecule has 0 aromatic rings. The molecule has 2 aliphatic carbocycles. The van der Waals surface area contributed by atoms with E-state index < -0.39 is 18.4 Å². The number of ether oxygens (including phenoxy) is 2. The van der Waals surface area contributed by atoms with Crippen LogP contribution in [0.4, 0.5) is 0 Å². The van der Waals surface area contributed by atoms with Gasteiger partial charge in [-0.3, -0.25) is 0 Å². The molecule has 5 atom stereocenters. The molecule has 0 saturated heterocycles. The number of carbonyl (C=O) groups is 1. The number of aliphatic hydroxyl groups excluding tert-OH is 1. The Morgan fingerprint density at radius 1 is 1.40 bits per heavy atom. The van der Waals surface area contributed by atoms with Crippen molar-refractivity contribution in [1.82, 2.24) is 0 Å². The van der Waals surface area contributed by atoms with Crippen LogP contribution in [-0.2, 0) is 14.3 Å². The molecule has 1 N–H and O–H groups in total. The Kier molecular flexibility index (Phi) is 4.89. The topological polar surface area (TPSA) is 55.8 Å². The largest absolute Gasteiger partial charge is 0.428 e. The van der Waals surface area contributed by atoms with Crippen molar-refractivity contribution in [2.75, 3.05) is 7.11 Å². The predicted octanol–water partition coefficient (Wildman–Crippen LogP) is 3.99. The van der Waals surface area contributed by atoms with Crippen LogP contribution in [0.15, 0.2) is 23.8 Å². The minimum Gasteiger partial charge on any atom is -0.428 e. The molecule has 0 amide bonds. The molecule has 0 spiro atoms. The summed E-state index contributed by atoms with van der Waals surface area (Å²) in [5.41, 5.74) is 2.02. The van der Waals surface area contributed by atoms with Gasteiger partial charge in [0.2, 0.25) is 6.29 Å². The van der Waals surface area contributed by atoms with Crippen LogP contribution in [0.25, 0.3) is 0 Å². The summed E-state index contributed by atoms with van der Waals surface area (Å²) < 4.78 is 10.1. The number of carbonyl (C=O) groups excluding carboxylic acids is 1. The third-order valence-electron chi connectivity index (χ3n) is 7.14. The summed E-state index contributed by atoms with van der Waals surface area (Å²) in [5, 5.41) is 10.8. The highest BCUT2D eigenvalue weighted by molar-refractivity contribution is 5.91. The molecule has 1 heterocycles. The number of allylic oxidation sites excluding steroid dienone is 1. The zero-order valence-electron chi connectivity index (χ0n) is 16.0. The fourth-order valence-electron chi connectivity index (χ4n) is 5.85. The zero-order chi connectivity index (χ0) is 18.4. The highest BCUT2D eigenvalue weighted by Gasteiger charge is 2.53. The first kappa shape index (κ1) is 18.7. The quantitative estimate of drug-likeness (QED) is 0.616. The molecule has 4 nitrogen and oxygen atoms in total. The van der Waals surface area contributed by atoms with E-state index in [-0.39, 0.29) is 11.3 Å². The van der Waals surface area contributed by atoms with Crippen LogP contribution in [0, 0.1) is 22.7 Å². The van der Waals surface area contributed by atoms with Crippen LogP contribution in [0.1, 0.15) is 59.3 Å². The fraction of sp³-hybridized carbons (Fsp3) is 0.762. The van der Waals surface area contributed by atoms with Crippen molar-refractivity contribution >= 4 is 5.97 Å². The number of aliphatic hydroxyl groups is 1. The van der Waals surface area contributed by atoms with Crippen LogP contribution < -0.4 is 0 Å². The third kappa shape index (κ3) is 3.19. The second-order valence-electron chi connectivity index (χ2n) is 9.03. The minimum absolute atomic E-state index is 0.141. The maximum atomic E-state index is 12.0. The van der Waals surface area contributed by atoms with Crippen molar-refractivity contribution in [3.8, 4) is 0 Å². The standard InChI is InChI=1S/C21H32O4/c1-13-7-8-17-20(2,3)9-6-10-21(17,4)15(13)12-16(22)14-11-18(24-5)25-19(14)23/h11,15-18,22H,1,6-10,12H2,2-5H3/t15-,16+,17-,18-,21+/m0/s1. The predicted molar refractivity (Wildman–Crippen MR) is 96.7 cm³/mol. The van der Waals surface area contributed by atoms with E-state index in [4.69, 9.17) is 9.47 Å². The van der Waals surface area contributed by atoms with Crippen molar-refractivity contribution in [2.45, 2.75) is 71.7 Å². The number of esters is 1. The van der Waals surface area contributed by atoms with E-state index in [1.807, 2.05) is 0 Å². The van der Waals surface area contributed by atoms with Gasteiger partial charge in [-0.05, 0) is 60.8 Å². The maximum absolute atomic E-state index is 12.0. The summed E-state index contributed by atoms with van der Waals surface area (Å²) >= 11 is 0. The molecule has 0 unspecified atom stereocenters. The van der Waals surface area contributed by atoms with Gasteiger partial charge in [0.05, 0.1) is 11.7 Å². The first-order valence-electron chi connectivity index (χ1n) is 9.50. The van der Waals surface area contributed by atoms with E-state index in [1.54, 1.807) is 6.08 Å². The van der Waals surface area contributed by atoms with Crippen molar-refractivity contribution < 1.29 is 19.4 Å². The molecule has 0 radical (unpaired) electrons. The van der Waals surface area contributed by atoms with Gasteiger partial charge < -0.3 is 14.6 Å². The first-order valence-corrected chi connectivity index (χ1v) is 9.50. The van der Waals surface area contributed by atoms with E-state index in [0.717, 1.165) is 6.42 Å². The number of cyclic esters (lactones) is 1. The zero-order valence-corrected chi connectivity index (χ0v) is 16.0. The molecule has 25 heavy (non-hydrogen) atoms. The smallest absolute Gasteiger partial charge is 0.339 e. The average Bonchev–Trinajstić information content (AvgIpc) is 2.91. The monoisotopic (exact) mass is 348 g/mol. The third-order valence-corrected chi connectivity index (χ3v) is 7.14. The van der Waals surface area contributed by atoms with Crippen LogP contribution in [-0.4, -0.2) is 30.6 Å². The summed E-state index contributed by atoms with van der Waals surface area (Å²) in [5.74, 6) is 0.398. The molecule has 140 valence electrons. The van der Waals surface area contributed by atoms with Gasteiger partial charge in [-0.2, -0.15) is 0 Å². The van der Waals surface area contributed by atoms with Crippen LogP contribution in [0.3, 0.4) is 0 Å². The Morgan fingerprint density at radius 3 is 2.76 bits per heavy atom. The molecule has 2 saturated carbocycles. The lowest BCUT2D eigenvalue weighted by Crippen LogP contribution is -2.50. The Hall–Kier alpha value is -1.13. The van der Waals surface area contributed by atoms with Gasteiger partial charge in [-0.15, -0.1) is 0 Å². The molecular weight excluding hydrogens is 316 g/mol. The number of rotatable bonds is 4. The highest BCUT2D eigenvalue weighted by atomic mass is 16.7. The normalized spacial score (nSPS) is 38.8. The fourth-order valence-corrected chi connectivity index (χ4v) is 5.85. The van der Waals surface area contributed by atoms with Gasteiger partial charge in [-0.1, -0.05) is 39.3 Å². The SMILES string of the molecule is C=C1CC[C@H]2C(C)(C)CCC[C@]2(C)[C@H]1C[C@@H](O)C1=C[C@@H](OC)OC1=O. The summed E-state index contributed by atoms with van der Waals surface area (Å²) in [6, 6.07) is 0. The molecule has 3 aliphatic rings. The van der Waals surface area contributed by atoms with Crippen molar-refractivity contribution in [3.05, 3.63) is 23.8 Å². The van der Waals surface area contributed by atoms with Gasteiger partial charge in [0.1, 0.15) is 0 Å². The van der Waals surface area contributed by atoms with E-state index in [0.29, 0.717) is 23.3 Å². The molecule has 3 rings (SSSR count). The van der Waals surface area contributed by atoms with Crippen molar-refractivity contribution in [1.29, 1.82) is 0 Å².